The minimum atomic E-state index is -0.234. The summed E-state index contributed by atoms with van der Waals surface area (Å²) < 4.78 is 10.4. The lowest BCUT2D eigenvalue weighted by Gasteiger charge is -2.10. The summed E-state index contributed by atoms with van der Waals surface area (Å²) in [5, 5.41) is 0. The van der Waals surface area contributed by atoms with Gasteiger partial charge in [-0.25, -0.2) is 0 Å². The van der Waals surface area contributed by atoms with Gasteiger partial charge in [0.25, 0.3) is 0 Å². The molecular weight excluding hydrogens is 216 g/mol. The van der Waals surface area contributed by atoms with Crippen LogP contribution in [0.4, 0.5) is 0 Å². The number of hydrogen-bond donors (Lipinski definition) is 0. The molecule has 0 radical (unpaired) electrons. The van der Waals surface area contributed by atoms with Crippen molar-refractivity contribution in [2.75, 3.05) is 7.11 Å². The number of hydrogen-bond acceptors (Lipinski definition) is 3. The average Bonchev–Trinajstić information content (AvgIpc) is 2.31. The zero-order valence-corrected chi connectivity index (χ0v) is 10.4. The van der Waals surface area contributed by atoms with E-state index in [1.54, 1.807) is 13.2 Å². The maximum Gasteiger partial charge on any atom is 0.311 e. The van der Waals surface area contributed by atoms with Crippen molar-refractivity contribution in [1.82, 2.24) is 0 Å². The van der Waals surface area contributed by atoms with Crippen LogP contribution in [-0.2, 0) is 11.2 Å². The zero-order chi connectivity index (χ0) is 12.7. The number of methoxy groups -OCH3 is 1. The highest BCUT2D eigenvalue weighted by atomic mass is 16.6. The molecule has 0 atom stereocenters. The number of carbonyl (C=O) groups excluding carboxylic acids is 1. The van der Waals surface area contributed by atoms with Crippen molar-refractivity contribution in [1.29, 1.82) is 0 Å². The Morgan fingerprint density at radius 3 is 2.76 bits per heavy atom. The summed E-state index contributed by atoms with van der Waals surface area (Å²) in [5.41, 5.74) is 1.08. The summed E-state index contributed by atoms with van der Waals surface area (Å²) in [5.74, 6) is 0.815. The third kappa shape index (κ3) is 3.94. The molecule has 0 heterocycles. The molecule has 0 aliphatic carbocycles. The van der Waals surface area contributed by atoms with Crippen LogP contribution >= 0.6 is 0 Å². The van der Waals surface area contributed by atoms with Gasteiger partial charge in [0.15, 0.2) is 11.5 Å². The number of rotatable bonds is 6. The molecule has 0 spiro atoms. The molecule has 1 rings (SSSR count). The fourth-order valence-electron chi connectivity index (χ4n) is 1.47. The fraction of sp³-hybridized carbons (Fsp3) is 0.357. The second-order valence-electron chi connectivity index (χ2n) is 3.70. The second kappa shape index (κ2) is 6.74. The van der Waals surface area contributed by atoms with E-state index in [2.05, 4.69) is 6.58 Å². The Morgan fingerprint density at radius 2 is 2.18 bits per heavy atom. The maximum absolute atomic E-state index is 11.4. The first-order chi connectivity index (χ1) is 8.21. The van der Waals surface area contributed by atoms with Crippen molar-refractivity contribution >= 4 is 5.97 Å². The van der Waals surface area contributed by atoms with E-state index in [1.807, 2.05) is 25.1 Å². The van der Waals surface area contributed by atoms with E-state index in [1.165, 1.54) is 0 Å². The number of allylic oxidation sites excluding steroid dienone is 1. The molecule has 17 heavy (non-hydrogen) atoms. The van der Waals surface area contributed by atoms with Gasteiger partial charge in [0.05, 0.1) is 7.11 Å². The fourth-order valence-corrected chi connectivity index (χ4v) is 1.47. The highest BCUT2D eigenvalue weighted by molar-refractivity contribution is 5.73. The quantitative estimate of drug-likeness (QED) is 0.431. The minimum Gasteiger partial charge on any atom is -0.493 e. The molecule has 0 saturated carbocycles. The lowest BCUT2D eigenvalue weighted by Crippen LogP contribution is -2.08. The normalized spacial score (nSPS) is 9.76. The molecule has 0 saturated heterocycles. The molecule has 0 amide bonds. The standard InChI is InChI=1S/C14H18O3/c1-4-6-11-8-9-12(13(10-11)16-3)17-14(15)7-5-2/h4,8-10H,1,5-7H2,2-3H3. The first-order valence-electron chi connectivity index (χ1n) is 5.69. The van der Waals surface area contributed by atoms with Gasteiger partial charge in [0.2, 0.25) is 0 Å². The van der Waals surface area contributed by atoms with Crippen molar-refractivity contribution in [2.45, 2.75) is 26.2 Å². The first-order valence-corrected chi connectivity index (χ1v) is 5.69. The van der Waals surface area contributed by atoms with Crippen LogP contribution in [0.15, 0.2) is 30.9 Å². The van der Waals surface area contributed by atoms with Gasteiger partial charge in [0, 0.05) is 6.42 Å². The van der Waals surface area contributed by atoms with Crippen LogP contribution in [0.2, 0.25) is 0 Å². The number of benzene rings is 1. The van der Waals surface area contributed by atoms with Crippen LogP contribution in [0.1, 0.15) is 25.3 Å². The van der Waals surface area contributed by atoms with E-state index < -0.39 is 0 Å². The Bertz CT molecular complexity index is 396. The molecule has 0 N–H and O–H groups in total. The van der Waals surface area contributed by atoms with Crippen molar-refractivity contribution in [2.24, 2.45) is 0 Å². The Kier molecular flexibility index (Phi) is 5.27. The molecule has 0 aliphatic rings. The Morgan fingerprint density at radius 1 is 1.41 bits per heavy atom. The molecule has 0 unspecified atom stereocenters. The van der Waals surface area contributed by atoms with Crippen molar-refractivity contribution < 1.29 is 14.3 Å². The second-order valence-corrected chi connectivity index (χ2v) is 3.70. The van der Waals surface area contributed by atoms with Crippen molar-refractivity contribution in [3.05, 3.63) is 36.4 Å². The molecule has 92 valence electrons. The predicted octanol–water partition coefficient (Wildman–Crippen LogP) is 3.13. The van der Waals surface area contributed by atoms with Crippen LogP contribution in [0.25, 0.3) is 0 Å². The Balaban J connectivity index is 2.84. The topological polar surface area (TPSA) is 35.5 Å². The molecule has 0 fully saturated rings. The summed E-state index contributed by atoms with van der Waals surface area (Å²) in [4.78, 5) is 11.4. The number of ether oxygens (including phenoxy) is 2. The van der Waals surface area contributed by atoms with Gasteiger partial charge < -0.3 is 9.47 Å². The lowest BCUT2D eigenvalue weighted by atomic mass is 10.1. The minimum absolute atomic E-state index is 0.234. The number of carbonyl (C=O) groups is 1. The maximum atomic E-state index is 11.4. The van der Waals surface area contributed by atoms with E-state index in [0.29, 0.717) is 17.9 Å². The Hall–Kier alpha value is -1.77. The summed E-state index contributed by atoms with van der Waals surface area (Å²) in [6.07, 6.45) is 3.77. The molecule has 0 bridgehead atoms. The van der Waals surface area contributed by atoms with Crippen LogP contribution in [-0.4, -0.2) is 13.1 Å². The molecule has 3 heteroatoms. The first kappa shape index (κ1) is 13.3. The van der Waals surface area contributed by atoms with E-state index >= 15 is 0 Å². The molecule has 3 nitrogen and oxygen atoms in total. The van der Waals surface area contributed by atoms with Crippen molar-refractivity contribution in [3.8, 4) is 11.5 Å². The Labute approximate surface area is 102 Å². The van der Waals surface area contributed by atoms with E-state index in [9.17, 15) is 4.79 Å². The summed E-state index contributed by atoms with van der Waals surface area (Å²) in [7, 11) is 1.56. The van der Waals surface area contributed by atoms with Gasteiger partial charge in [0.1, 0.15) is 0 Å². The van der Waals surface area contributed by atoms with Gasteiger partial charge in [-0.05, 0) is 30.5 Å². The van der Waals surface area contributed by atoms with Crippen molar-refractivity contribution in [3.63, 3.8) is 0 Å². The summed E-state index contributed by atoms with van der Waals surface area (Å²) in [6, 6.07) is 5.51. The highest BCUT2D eigenvalue weighted by Crippen LogP contribution is 2.28. The monoisotopic (exact) mass is 234 g/mol. The van der Waals surface area contributed by atoms with Gasteiger partial charge >= 0.3 is 5.97 Å². The van der Waals surface area contributed by atoms with E-state index in [4.69, 9.17) is 9.47 Å². The lowest BCUT2D eigenvalue weighted by molar-refractivity contribution is -0.134. The third-order valence-corrected chi connectivity index (χ3v) is 2.29. The molecule has 1 aromatic carbocycles. The summed E-state index contributed by atoms with van der Waals surface area (Å²) in [6.45, 7) is 5.62. The average molecular weight is 234 g/mol. The summed E-state index contributed by atoms with van der Waals surface area (Å²) >= 11 is 0. The van der Waals surface area contributed by atoms with Crippen LogP contribution in [0.3, 0.4) is 0 Å². The van der Waals surface area contributed by atoms with E-state index in [0.717, 1.165) is 18.4 Å². The van der Waals surface area contributed by atoms with Crippen LogP contribution in [0.5, 0.6) is 11.5 Å². The highest BCUT2D eigenvalue weighted by Gasteiger charge is 2.09. The zero-order valence-electron chi connectivity index (χ0n) is 10.4. The smallest absolute Gasteiger partial charge is 0.311 e. The largest absolute Gasteiger partial charge is 0.493 e. The van der Waals surface area contributed by atoms with Crippen LogP contribution < -0.4 is 9.47 Å². The molecule has 0 aliphatic heterocycles. The van der Waals surface area contributed by atoms with Gasteiger partial charge in [-0.2, -0.15) is 0 Å². The van der Waals surface area contributed by atoms with Gasteiger partial charge in [-0.15, -0.1) is 6.58 Å². The van der Waals surface area contributed by atoms with Gasteiger partial charge in [-0.3, -0.25) is 4.79 Å². The number of esters is 1. The van der Waals surface area contributed by atoms with Crippen LogP contribution in [0, 0.1) is 0 Å². The molecule has 1 aromatic rings. The molecular formula is C14H18O3. The third-order valence-electron chi connectivity index (χ3n) is 2.29. The van der Waals surface area contributed by atoms with Gasteiger partial charge in [-0.1, -0.05) is 19.1 Å². The molecule has 0 aromatic heterocycles. The SMILES string of the molecule is C=CCc1ccc(OC(=O)CCC)c(OC)c1. The predicted molar refractivity (Wildman–Crippen MR) is 67.4 cm³/mol. The van der Waals surface area contributed by atoms with E-state index in [-0.39, 0.29) is 5.97 Å².